The maximum absolute atomic E-state index is 11.5. The van der Waals surface area contributed by atoms with Crippen LogP contribution in [-0.4, -0.2) is 49.3 Å². The molecule has 0 saturated carbocycles. The number of carboxylic acids is 1. The Morgan fingerprint density at radius 2 is 1.86 bits per heavy atom. The minimum Gasteiger partial charge on any atom is -0.476 e. The smallest absolute Gasteiger partial charge is 0.356 e. The number of aromatic nitrogens is 4. The van der Waals surface area contributed by atoms with E-state index < -0.39 is 5.97 Å². The highest BCUT2D eigenvalue weighted by molar-refractivity contribution is 5.84. The molecule has 2 aromatic rings. The third-order valence-electron chi connectivity index (χ3n) is 2.72. The molecular weight excluding hydrogens is 276 g/mol. The molecule has 2 amide bonds. The van der Waals surface area contributed by atoms with Crippen molar-refractivity contribution in [2.75, 3.05) is 13.1 Å². The normalized spacial score (nSPS) is 10.3. The first-order chi connectivity index (χ1) is 10.1. The third kappa shape index (κ3) is 4.64. The largest absolute Gasteiger partial charge is 0.476 e. The molecule has 9 nitrogen and oxygen atoms in total. The van der Waals surface area contributed by atoms with E-state index in [1.165, 1.54) is 12.5 Å². The summed E-state index contributed by atoms with van der Waals surface area (Å²) in [7, 11) is 0. The van der Waals surface area contributed by atoms with Crippen LogP contribution in [0, 0.1) is 0 Å². The molecule has 0 aliphatic carbocycles. The highest BCUT2D eigenvalue weighted by Gasteiger charge is 2.06. The van der Waals surface area contributed by atoms with Crippen molar-refractivity contribution in [2.45, 2.75) is 13.1 Å². The van der Waals surface area contributed by atoms with Crippen LogP contribution in [-0.2, 0) is 13.1 Å². The van der Waals surface area contributed by atoms with Crippen LogP contribution in [0.1, 0.15) is 10.5 Å². The lowest BCUT2D eigenvalue weighted by molar-refractivity contribution is 0.0691. The summed E-state index contributed by atoms with van der Waals surface area (Å²) >= 11 is 0. The Morgan fingerprint density at radius 1 is 1.14 bits per heavy atom. The molecule has 0 aliphatic rings. The van der Waals surface area contributed by atoms with Crippen molar-refractivity contribution < 1.29 is 14.7 Å². The number of hydrogen-bond acceptors (Lipinski definition) is 4. The first-order valence-electron chi connectivity index (χ1n) is 6.37. The average molecular weight is 292 g/mol. The Kier molecular flexibility index (Phi) is 4.91. The van der Waals surface area contributed by atoms with E-state index in [1.807, 2.05) is 10.8 Å². The van der Waals surface area contributed by atoms with Crippen LogP contribution in [0.15, 0.2) is 31.2 Å². The van der Waals surface area contributed by atoms with Gasteiger partial charge in [-0.2, -0.15) is 0 Å². The maximum atomic E-state index is 11.5. The van der Waals surface area contributed by atoms with Gasteiger partial charge in [0.05, 0.1) is 12.7 Å². The summed E-state index contributed by atoms with van der Waals surface area (Å²) in [6.07, 6.45) is 8.01. The molecule has 2 rings (SSSR count). The highest BCUT2D eigenvalue weighted by Crippen LogP contribution is 1.95. The Hall–Kier alpha value is -2.84. The second kappa shape index (κ2) is 7.08. The van der Waals surface area contributed by atoms with Crippen LogP contribution < -0.4 is 10.6 Å². The van der Waals surface area contributed by atoms with Gasteiger partial charge >= 0.3 is 12.0 Å². The second-order valence-corrected chi connectivity index (χ2v) is 4.29. The fourth-order valence-electron chi connectivity index (χ4n) is 1.67. The highest BCUT2D eigenvalue weighted by atomic mass is 16.4. The lowest BCUT2D eigenvalue weighted by atomic mass is 10.5. The number of hydrogen-bond donors (Lipinski definition) is 3. The molecule has 2 aromatic heterocycles. The fourth-order valence-corrected chi connectivity index (χ4v) is 1.67. The van der Waals surface area contributed by atoms with Crippen LogP contribution in [0.5, 0.6) is 0 Å². The zero-order valence-electron chi connectivity index (χ0n) is 11.3. The van der Waals surface area contributed by atoms with Gasteiger partial charge in [0, 0.05) is 44.8 Å². The van der Waals surface area contributed by atoms with Crippen LogP contribution in [0.2, 0.25) is 0 Å². The predicted molar refractivity (Wildman–Crippen MR) is 72.8 cm³/mol. The van der Waals surface area contributed by atoms with E-state index in [4.69, 9.17) is 5.11 Å². The number of imidazole rings is 2. The quantitative estimate of drug-likeness (QED) is 0.652. The zero-order valence-corrected chi connectivity index (χ0v) is 11.3. The number of aromatic carboxylic acids is 1. The molecule has 2 heterocycles. The van der Waals surface area contributed by atoms with Gasteiger partial charge in [0.15, 0.2) is 5.69 Å². The van der Waals surface area contributed by atoms with Crippen molar-refractivity contribution in [3.63, 3.8) is 0 Å². The minimum atomic E-state index is -1.07. The van der Waals surface area contributed by atoms with Gasteiger partial charge in [0.25, 0.3) is 0 Å². The lowest BCUT2D eigenvalue weighted by Crippen LogP contribution is -2.38. The molecule has 0 saturated heterocycles. The number of urea groups is 1. The fraction of sp³-hybridized carbons (Fsp3) is 0.333. The van der Waals surface area contributed by atoms with E-state index in [9.17, 15) is 9.59 Å². The number of nitrogens with one attached hydrogen (secondary N) is 2. The summed E-state index contributed by atoms with van der Waals surface area (Å²) in [4.78, 5) is 29.8. The topological polar surface area (TPSA) is 114 Å². The molecule has 9 heteroatoms. The van der Waals surface area contributed by atoms with Crippen molar-refractivity contribution in [1.29, 1.82) is 0 Å². The van der Waals surface area contributed by atoms with E-state index in [0.29, 0.717) is 26.2 Å². The summed E-state index contributed by atoms with van der Waals surface area (Å²) in [6.45, 7) is 1.98. The summed E-state index contributed by atoms with van der Waals surface area (Å²) in [6, 6.07) is -0.270. The van der Waals surface area contributed by atoms with Gasteiger partial charge in [-0.05, 0) is 0 Å². The van der Waals surface area contributed by atoms with Crippen molar-refractivity contribution in [1.82, 2.24) is 29.7 Å². The van der Waals surface area contributed by atoms with Crippen molar-refractivity contribution in [3.05, 3.63) is 36.9 Å². The van der Waals surface area contributed by atoms with E-state index >= 15 is 0 Å². The number of nitrogens with zero attached hydrogens (tertiary/aromatic N) is 4. The van der Waals surface area contributed by atoms with Gasteiger partial charge in [-0.25, -0.2) is 19.6 Å². The molecule has 3 N–H and O–H groups in total. The molecule has 0 aromatic carbocycles. The van der Waals surface area contributed by atoms with Crippen LogP contribution in [0.25, 0.3) is 0 Å². The Morgan fingerprint density at radius 3 is 2.43 bits per heavy atom. The van der Waals surface area contributed by atoms with Crippen LogP contribution in [0.4, 0.5) is 4.79 Å². The molecular formula is C12H16N6O3. The molecule has 0 aliphatic heterocycles. The van der Waals surface area contributed by atoms with Crippen molar-refractivity contribution >= 4 is 12.0 Å². The Labute approximate surface area is 120 Å². The number of rotatable bonds is 7. The molecule has 21 heavy (non-hydrogen) atoms. The van der Waals surface area contributed by atoms with Gasteiger partial charge in [-0.3, -0.25) is 0 Å². The summed E-state index contributed by atoms with van der Waals surface area (Å²) in [5.41, 5.74) is -0.0141. The van der Waals surface area contributed by atoms with Gasteiger partial charge < -0.3 is 24.9 Å². The monoisotopic (exact) mass is 292 g/mol. The molecule has 0 fully saturated rings. The standard InChI is InChI=1S/C12H16N6O3/c19-11(20)10-7-18(9-16-10)6-3-15-12(21)14-2-5-17-4-1-13-8-17/h1,4,7-9H,2-3,5-6H2,(H,19,20)(H2,14,15,21). The van der Waals surface area contributed by atoms with E-state index in [1.54, 1.807) is 17.1 Å². The van der Waals surface area contributed by atoms with Gasteiger partial charge in [-0.15, -0.1) is 0 Å². The average Bonchev–Trinajstić information content (AvgIpc) is 3.09. The summed E-state index contributed by atoms with van der Waals surface area (Å²) < 4.78 is 3.47. The van der Waals surface area contributed by atoms with E-state index in [-0.39, 0.29) is 11.7 Å². The zero-order chi connectivity index (χ0) is 15.1. The molecule has 0 radical (unpaired) electrons. The SMILES string of the molecule is O=C(NCCn1ccnc1)NCCn1cnc(C(=O)O)c1. The number of carboxylic acid groups (broad SMARTS) is 1. The maximum Gasteiger partial charge on any atom is 0.356 e. The van der Waals surface area contributed by atoms with Crippen LogP contribution in [0.3, 0.4) is 0 Å². The summed E-state index contributed by atoms with van der Waals surface area (Å²) in [5.74, 6) is -1.07. The Bertz CT molecular complexity index is 592. The Balaban J connectivity index is 1.61. The molecule has 0 bridgehead atoms. The second-order valence-electron chi connectivity index (χ2n) is 4.29. The number of amides is 2. The first-order valence-corrected chi connectivity index (χ1v) is 6.37. The number of carbonyl (C=O) groups excluding carboxylic acids is 1. The van der Waals surface area contributed by atoms with Gasteiger partial charge in [-0.1, -0.05) is 0 Å². The van der Waals surface area contributed by atoms with E-state index in [0.717, 1.165) is 0 Å². The van der Waals surface area contributed by atoms with Crippen molar-refractivity contribution in [2.24, 2.45) is 0 Å². The minimum absolute atomic E-state index is 0.0141. The molecule has 0 spiro atoms. The predicted octanol–water partition coefficient (Wildman–Crippen LogP) is -0.223. The van der Waals surface area contributed by atoms with Gasteiger partial charge in [0.1, 0.15) is 0 Å². The molecule has 112 valence electrons. The van der Waals surface area contributed by atoms with Gasteiger partial charge in [0.2, 0.25) is 0 Å². The van der Waals surface area contributed by atoms with Crippen LogP contribution >= 0.6 is 0 Å². The number of carbonyl (C=O) groups is 2. The van der Waals surface area contributed by atoms with Crippen molar-refractivity contribution in [3.8, 4) is 0 Å². The summed E-state index contributed by atoms with van der Waals surface area (Å²) in [5, 5.41) is 14.1. The molecule has 0 unspecified atom stereocenters. The molecule has 0 atom stereocenters. The third-order valence-corrected chi connectivity index (χ3v) is 2.72. The lowest BCUT2D eigenvalue weighted by Gasteiger charge is -2.08. The first kappa shape index (κ1) is 14.6. The van der Waals surface area contributed by atoms with E-state index in [2.05, 4.69) is 20.6 Å².